The van der Waals surface area contributed by atoms with Gasteiger partial charge in [-0.15, -0.1) is 0 Å². The highest BCUT2D eigenvalue weighted by Crippen LogP contribution is 2.50. The second-order valence-corrected chi connectivity index (χ2v) is 9.36. The van der Waals surface area contributed by atoms with E-state index in [1.165, 1.54) is 17.4 Å². The lowest BCUT2D eigenvalue weighted by atomic mass is 9.78. The summed E-state index contributed by atoms with van der Waals surface area (Å²) in [6.45, 7) is 1.91. The number of allylic oxidation sites excluding steroid dienone is 5. The van der Waals surface area contributed by atoms with Gasteiger partial charge in [-0.2, -0.15) is 0 Å². The maximum absolute atomic E-state index is 13.0. The Balaban J connectivity index is 2.08. The van der Waals surface area contributed by atoms with E-state index in [1.54, 1.807) is 30.3 Å². The van der Waals surface area contributed by atoms with E-state index in [1.807, 2.05) is 19.1 Å². The summed E-state index contributed by atoms with van der Waals surface area (Å²) < 4.78 is 28.3. The molecule has 0 heterocycles. The Morgan fingerprint density at radius 1 is 1.17 bits per heavy atom. The molecule has 2 aliphatic carbocycles. The fraction of sp³-hybridized carbons (Fsp3) is 0.278. The van der Waals surface area contributed by atoms with E-state index < -0.39 is 15.4 Å². The molecule has 0 radical (unpaired) electrons. The van der Waals surface area contributed by atoms with Crippen LogP contribution < -0.4 is 0 Å². The van der Waals surface area contributed by atoms with Crippen LogP contribution in [0, 0.1) is 12.3 Å². The van der Waals surface area contributed by atoms with Crippen LogP contribution in [-0.2, 0) is 14.8 Å². The maximum Gasteiger partial charge on any atom is 0.263 e. The zero-order valence-corrected chi connectivity index (χ0v) is 16.5. The van der Waals surface area contributed by atoms with Crippen LogP contribution in [0.15, 0.2) is 62.7 Å². The van der Waals surface area contributed by atoms with Gasteiger partial charge in [-0.3, -0.25) is 9.10 Å². The third-order valence-corrected chi connectivity index (χ3v) is 7.41. The first-order valence-electron chi connectivity index (χ1n) is 7.64. The summed E-state index contributed by atoms with van der Waals surface area (Å²) in [4.78, 5) is 12.8. The summed E-state index contributed by atoms with van der Waals surface area (Å²) in [5, 5.41) is 0. The van der Waals surface area contributed by atoms with Gasteiger partial charge in [-0.05, 0) is 60.6 Å². The number of benzene rings is 1. The van der Waals surface area contributed by atoms with Gasteiger partial charge in [0.1, 0.15) is 0 Å². The molecule has 4 nitrogen and oxygen atoms in total. The van der Waals surface area contributed by atoms with Crippen molar-refractivity contribution in [2.75, 3.05) is 7.05 Å². The van der Waals surface area contributed by atoms with Crippen molar-refractivity contribution in [1.29, 1.82) is 0 Å². The molecule has 0 saturated carbocycles. The molecule has 1 spiro atoms. The third-order valence-electron chi connectivity index (χ3n) is 4.59. The molecule has 3 rings (SSSR count). The molecule has 1 aromatic rings. The molecule has 0 N–H and O–H groups in total. The van der Waals surface area contributed by atoms with Gasteiger partial charge >= 0.3 is 0 Å². The number of hydrogen-bond donors (Lipinski definition) is 0. The highest BCUT2D eigenvalue weighted by Gasteiger charge is 2.48. The quantitative estimate of drug-likeness (QED) is 0.653. The smallest absolute Gasteiger partial charge is 0.263 e. The van der Waals surface area contributed by atoms with E-state index in [0.29, 0.717) is 18.5 Å². The number of sulfonamides is 1. The number of nitrogens with zero attached hydrogens (tertiary/aromatic N) is 1. The van der Waals surface area contributed by atoms with Gasteiger partial charge < -0.3 is 0 Å². The zero-order valence-electron chi connectivity index (χ0n) is 13.5. The molecule has 0 aromatic heterocycles. The minimum atomic E-state index is -3.71. The average Bonchev–Trinajstić information content (AvgIpc) is 2.87. The number of ketones is 1. The Kier molecular flexibility index (Phi) is 4.46. The molecule has 6 heteroatoms. The molecule has 0 fully saturated rings. The highest BCUT2D eigenvalue weighted by molar-refractivity contribution is 14.1. The highest BCUT2D eigenvalue weighted by atomic mass is 127. The van der Waals surface area contributed by atoms with Gasteiger partial charge in [0, 0.05) is 10.6 Å². The molecular formula is C18H18INO3S. The normalized spacial score (nSPS) is 23.4. The Labute approximate surface area is 156 Å². The fourth-order valence-corrected chi connectivity index (χ4v) is 5.81. The van der Waals surface area contributed by atoms with Crippen LogP contribution in [0.25, 0.3) is 0 Å². The molecule has 1 aromatic carbocycles. The lowest BCUT2D eigenvalue weighted by molar-refractivity contribution is -0.120. The van der Waals surface area contributed by atoms with Crippen molar-refractivity contribution in [2.45, 2.75) is 24.7 Å². The molecule has 24 heavy (non-hydrogen) atoms. The summed E-state index contributed by atoms with van der Waals surface area (Å²) in [5.41, 5.74) is 0.713. The predicted octanol–water partition coefficient (Wildman–Crippen LogP) is 3.74. The minimum absolute atomic E-state index is 0.0578. The second kappa shape index (κ2) is 6.15. The molecule has 0 bridgehead atoms. The molecule has 0 saturated heterocycles. The maximum atomic E-state index is 13.0. The molecule has 126 valence electrons. The first kappa shape index (κ1) is 17.4. The van der Waals surface area contributed by atoms with Crippen LogP contribution in [0.4, 0.5) is 0 Å². The minimum Gasteiger partial charge on any atom is -0.293 e. The van der Waals surface area contributed by atoms with Crippen LogP contribution in [0.3, 0.4) is 0 Å². The van der Waals surface area contributed by atoms with Crippen LogP contribution in [0.1, 0.15) is 18.4 Å². The first-order chi connectivity index (χ1) is 11.3. The fourth-order valence-electron chi connectivity index (χ4n) is 3.22. The van der Waals surface area contributed by atoms with Crippen molar-refractivity contribution >= 4 is 38.4 Å². The number of carbonyl (C=O) groups is 1. The predicted molar refractivity (Wildman–Crippen MR) is 102 cm³/mol. The van der Waals surface area contributed by atoms with Crippen LogP contribution in [0.5, 0.6) is 0 Å². The monoisotopic (exact) mass is 455 g/mol. The standard InChI is InChI=1S/C18H18INO3S/c1-13-6-8-14(9-7-13)24(22,23)20(2)17-15(19)10-12-18(17)11-4-3-5-16(18)21/h3-9,11H,10,12H2,1-2H3. The third kappa shape index (κ3) is 2.65. The van der Waals surface area contributed by atoms with Crippen molar-refractivity contribution in [3.05, 3.63) is 63.4 Å². The molecular weight excluding hydrogens is 437 g/mol. The lowest BCUT2D eigenvalue weighted by Crippen LogP contribution is -2.39. The molecule has 0 amide bonds. The summed E-state index contributed by atoms with van der Waals surface area (Å²) in [6, 6.07) is 6.76. The Bertz CT molecular complexity index is 881. The van der Waals surface area contributed by atoms with Gasteiger partial charge in [0.2, 0.25) is 0 Å². The summed E-state index contributed by atoms with van der Waals surface area (Å²) in [7, 11) is -2.17. The Morgan fingerprint density at radius 2 is 1.83 bits per heavy atom. The van der Waals surface area contributed by atoms with Crippen molar-refractivity contribution in [3.8, 4) is 0 Å². The van der Waals surface area contributed by atoms with Crippen molar-refractivity contribution in [2.24, 2.45) is 5.41 Å². The topological polar surface area (TPSA) is 54.5 Å². The number of halogens is 1. The number of aryl methyl sites for hydroxylation is 1. The van der Waals surface area contributed by atoms with E-state index in [4.69, 9.17) is 0 Å². The lowest BCUT2D eigenvalue weighted by Gasteiger charge is -2.34. The summed E-state index contributed by atoms with van der Waals surface area (Å²) >= 11 is 2.16. The van der Waals surface area contributed by atoms with Gasteiger partial charge in [0.25, 0.3) is 10.0 Å². The molecule has 1 atom stereocenters. The van der Waals surface area contributed by atoms with Gasteiger partial charge in [0.05, 0.1) is 16.0 Å². The number of hydrogen-bond acceptors (Lipinski definition) is 3. The molecule has 0 aliphatic heterocycles. The number of rotatable bonds is 3. The zero-order chi connectivity index (χ0) is 17.5. The van der Waals surface area contributed by atoms with E-state index in [0.717, 1.165) is 9.14 Å². The summed E-state index contributed by atoms with van der Waals surface area (Å²) in [6.07, 6.45) is 8.19. The van der Waals surface area contributed by atoms with E-state index in [-0.39, 0.29) is 10.7 Å². The van der Waals surface area contributed by atoms with Gasteiger partial charge in [0.15, 0.2) is 5.78 Å². The molecule has 1 unspecified atom stereocenters. The van der Waals surface area contributed by atoms with Gasteiger partial charge in [-0.1, -0.05) is 35.9 Å². The van der Waals surface area contributed by atoms with Crippen LogP contribution in [-0.4, -0.2) is 25.6 Å². The van der Waals surface area contributed by atoms with E-state index >= 15 is 0 Å². The average molecular weight is 455 g/mol. The Morgan fingerprint density at radius 3 is 2.46 bits per heavy atom. The first-order valence-corrected chi connectivity index (χ1v) is 10.2. The van der Waals surface area contributed by atoms with Crippen LogP contribution >= 0.6 is 22.6 Å². The Hall–Kier alpha value is -1.41. The van der Waals surface area contributed by atoms with Crippen molar-refractivity contribution < 1.29 is 13.2 Å². The van der Waals surface area contributed by atoms with Crippen molar-refractivity contribution in [1.82, 2.24) is 4.31 Å². The largest absolute Gasteiger partial charge is 0.293 e. The summed E-state index contributed by atoms with van der Waals surface area (Å²) in [5.74, 6) is -0.0578. The van der Waals surface area contributed by atoms with Gasteiger partial charge in [-0.25, -0.2) is 8.42 Å². The second-order valence-electron chi connectivity index (χ2n) is 6.09. The number of carbonyl (C=O) groups excluding carboxylic acids is 1. The van der Waals surface area contributed by atoms with E-state index in [2.05, 4.69) is 22.6 Å². The molecule has 2 aliphatic rings. The van der Waals surface area contributed by atoms with Crippen LogP contribution in [0.2, 0.25) is 0 Å². The SMILES string of the molecule is Cc1ccc(S(=O)(=O)N(C)C2=C(I)CCC23C=CC=CC3=O)cc1. The van der Waals surface area contributed by atoms with Crippen molar-refractivity contribution in [3.63, 3.8) is 0 Å². The van der Waals surface area contributed by atoms with E-state index in [9.17, 15) is 13.2 Å².